The number of thiazole rings is 2. The van der Waals surface area contributed by atoms with E-state index in [4.69, 9.17) is 4.98 Å². The summed E-state index contributed by atoms with van der Waals surface area (Å²) in [6.45, 7) is 1.49. The molecule has 1 atom stereocenters. The number of hydrogen-bond acceptors (Lipinski definition) is 6. The second kappa shape index (κ2) is 7.25. The highest BCUT2D eigenvalue weighted by Gasteiger charge is 2.32. The van der Waals surface area contributed by atoms with Gasteiger partial charge in [-0.1, -0.05) is 12.1 Å². The summed E-state index contributed by atoms with van der Waals surface area (Å²) in [7, 11) is 0. The molecule has 28 heavy (non-hydrogen) atoms. The van der Waals surface area contributed by atoms with Crippen molar-refractivity contribution in [2.24, 2.45) is 0 Å². The zero-order chi connectivity index (χ0) is 19.1. The highest BCUT2D eigenvalue weighted by Crippen LogP contribution is 2.37. The molecule has 144 valence electrons. The summed E-state index contributed by atoms with van der Waals surface area (Å²) in [6.07, 6.45) is 3.70. The molecule has 1 aromatic carbocycles. The average Bonchev–Trinajstić information content (AvgIpc) is 3.47. The summed E-state index contributed by atoms with van der Waals surface area (Å²) in [5.74, 6) is 0.217. The zero-order valence-corrected chi connectivity index (χ0v) is 17.0. The molecular weight excluding hydrogens is 392 g/mol. The van der Waals surface area contributed by atoms with Crippen molar-refractivity contribution in [3.8, 4) is 0 Å². The molecule has 6 nitrogen and oxygen atoms in total. The average molecular weight is 413 g/mol. The fourth-order valence-corrected chi connectivity index (χ4v) is 5.95. The zero-order valence-electron chi connectivity index (χ0n) is 15.3. The van der Waals surface area contributed by atoms with Gasteiger partial charge in [-0.2, -0.15) is 0 Å². The van der Waals surface area contributed by atoms with Gasteiger partial charge in [0.15, 0.2) is 5.13 Å². The first kappa shape index (κ1) is 17.8. The first-order valence-electron chi connectivity index (χ1n) is 9.59. The highest BCUT2D eigenvalue weighted by molar-refractivity contribution is 7.18. The predicted molar refractivity (Wildman–Crippen MR) is 111 cm³/mol. The molecule has 0 bridgehead atoms. The molecule has 0 unspecified atom stereocenters. The number of para-hydroxylation sites is 1. The Morgan fingerprint density at radius 1 is 1.18 bits per heavy atom. The van der Waals surface area contributed by atoms with Gasteiger partial charge in [0.25, 0.3) is 0 Å². The van der Waals surface area contributed by atoms with Gasteiger partial charge in [0.1, 0.15) is 5.01 Å². The number of hydrogen-bond donors (Lipinski definition) is 0. The van der Waals surface area contributed by atoms with Crippen molar-refractivity contribution in [2.45, 2.75) is 38.1 Å². The van der Waals surface area contributed by atoms with Gasteiger partial charge in [0, 0.05) is 24.9 Å². The fourth-order valence-electron chi connectivity index (χ4n) is 3.96. The molecule has 0 N–H and O–H groups in total. The Morgan fingerprint density at radius 2 is 2.07 bits per heavy atom. The topological polar surface area (TPSA) is 66.4 Å². The summed E-state index contributed by atoms with van der Waals surface area (Å²) in [4.78, 5) is 37.9. The lowest BCUT2D eigenvalue weighted by Gasteiger charge is -2.22. The first-order chi connectivity index (χ1) is 13.7. The van der Waals surface area contributed by atoms with E-state index < -0.39 is 0 Å². The Bertz CT molecular complexity index is 1010. The minimum atomic E-state index is 0.0585. The van der Waals surface area contributed by atoms with E-state index in [-0.39, 0.29) is 24.3 Å². The van der Waals surface area contributed by atoms with Gasteiger partial charge in [-0.25, -0.2) is 9.97 Å². The van der Waals surface area contributed by atoms with Crippen LogP contribution in [0.1, 0.15) is 42.4 Å². The SMILES string of the molecule is O=C1CCCN1c1nc(CC(=O)N2CCC[C@H]2c2nc3ccccc3s2)cs1. The molecule has 2 fully saturated rings. The molecule has 2 aliphatic heterocycles. The van der Waals surface area contributed by atoms with E-state index in [2.05, 4.69) is 11.1 Å². The van der Waals surface area contributed by atoms with Crippen molar-refractivity contribution in [1.29, 1.82) is 0 Å². The van der Waals surface area contributed by atoms with Crippen LogP contribution in [0.15, 0.2) is 29.6 Å². The Labute approximate surface area is 170 Å². The third-order valence-electron chi connectivity index (χ3n) is 5.34. The number of rotatable bonds is 4. The molecule has 2 aliphatic rings. The van der Waals surface area contributed by atoms with Gasteiger partial charge in [0.05, 0.1) is 28.4 Å². The van der Waals surface area contributed by atoms with Crippen LogP contribution in [0.4, 0.5) is 5.13 Å². The molecular formula is C20H20N4O2S2. The maximum absolute atomic E-state index is 13.0. The van der Waals surface area contributed by atoms with Gasteiger partial charge >= 0.3 is 0 Å². The lowest BCUT2D eigenvalue weighted by Crippen LogP contribution is -2.32. The number of benzene rings is 1. The van der Waals surface area contributed by atoms with E-state index in [1.807, 2.05) is 28.5 Å². The number of carbonyl (C=O) groups excluding carboxylic acids is 2. The van der Waals surface area contributed by atoms with Crippen molar-refractivity contribution in [3.05, 3.63) is 40.3 Å². The number of carbonyl (C=O) groups is 2. The molecule has 0 radical (unpaired) electrons. The third kappa shape index (κ3) is 3.20. The van der Waals surface area contributed by atoms with Crippen LogP contribution >= 0.6 is 22.7 Å². The minimum Gasteiger partial charge on any atom is -0.333 e. The second-order valence-electron chi connectivity index (χ2n) is 7.21. The molecule has 2 aromatic heterocycles. The summed E-state index contributed by atoms with van der Waals surface area (Å²) in [5.41, 5.74) is 1.75. The fraction of sp³-hybridized carbons (Fsp3) is 0.400. The van der Waals surface area contributed by atoms with Crippen molar-refractivity contribution >= 4 is 49.8 Å². The molecule has 0 aliphatic carbocycles. The lowest BCUT2D eigenvalue weighted by atomic mass is 10.2. The van der Waals surface area contributed by atoms with E-state index >= 15 is 0 Å². The summed E-state index contributed by atoms with van der Waals surface area (Å²) >= 11 is 3.13. The van der Waals surface area contributed by atoms with Gasteiger partial charge in [0.2, 0.25) is 11.8 Å². The standard InChI is InChI=1S/C20H20N4O2S2/c25-17-8-4-10-24(17)20-21-13(12-27-20)11-18(26)23-9-3-6-15(23)19-22-14-5-1-2-7-16(14)28-19/h1-2,5,7,12,15H,3-4,6,8-11H2/t15-/m0/s1. The van der Waals surface area contributed by atoms with Crippen LogP contribution in [0.2, 0.25) is 0 Å². The van der Waals surface area contributed by atoms with Crippen molar-refractivity contribution in [3.63, 3.8) is 0 Å². The number of fused-ring (bicyclic) bond motifs is 1. The van der Waals surface area contributed by atoms with E-state index in [1.165, 1.54) is 11.3 Å². The maximum Gasteiger partial charge on any atom is 0.229 e. The first-order valence-corrected chi connectivity index (χ1v) is 11.3. The third-order valence-corrected chi connectivity index (χ3v) is 7.39. The Kier molecular flexibility index (Phi) is 4.60. The monoisotopic (exact) mass is 412 g/mol. The van der Waals surface area contributed by atoms with Gasteiger partial charge in [-0.15, -0.1) is 22.7 Å². The Balaban J connectivity index is 1.32. The van der Waals surface area contributed by atoms with Crippen LogP contribution in [0.3, 0.4) is 0 Å². The molecule has 8 heteroatoms. The summed E-state index contributed by atoms with van der Waals surface area (Å²) in [5, 5.41) is 3.64. The molecule has 5 rings (SSSR count). The van der Waals surface area contributed by atoms with Crippen molar-refractivity contribution in [2.75, 3.05) is 18.0 Å². The smallest absolute Gasteiger partial charge is 0.229 e. The van der Waals surface area contributed by atoms with Crippen molar-refractivity contribution < 1.29 is 9.59 Å². The van der Waals surface area contributed by atoms with E-state index in [0.29, 0.717) is 6.42 Å². The van der Waals surface area contributed by atoms with Gasteiger partial charge in [-0.3, -0.25) is 14.5 Å². The Hall–Kier alpha value is -2.32. The molecule has 0 saturated carbocycles. The van der Waals surface area contributed by atoms with Crippen molar-refractivity contribution in [1.82, 2.24) is 14.9 Å². The predicted octanol–water partition coefficient (Wildman–Crippen LogP) is 3.79. The van der Waals surface area contributed by atoms with Crippen LogP contribution in [0.25, 0.3) is 10.2 Å². The quantitative estimate of drug-likeness (QED) is 0.654. The van der Waals surface area contributed by atoms with Crippen LogP contribution in [0, 0.1) is 0 Å². The normalized spacial score (nSPS) is 19.9. The molecule has 4 heterocycles. The van der Waals surface area contributed by atoms with Gasteiger partial charge in [-0.05, 0) is 31.4 Å². The van der Waals surface area contributed by atoms with Crippen LogP contribution in [-0.4, -0.2) is 39.8 Å². The number of likely N-dealkylation sites (tertiary alicyclic amines) is 1. The number of nitrogens with zero attached hydrogens (tertiary/aromatic N) is 4. The maximum atomic E-state index is 13.0. The van der Waals surface area contributed by atoms with Crippen LogP contribution < -0.4 is 4.90 Å². The second-order valence-corrected chi connectivity index (χ2v) is 9.11. The molecule has 0 spiro atoms. The number of amides is 2. The van der Waals surface area contributed by atoms with Crippen LogP contribution in [0.5, 0.6) is 0 Å². The molecule has 3 aromatic rings. The van der Waals surface area contributed by atoms with Gasteiger partial charge < -0.3 is 4.90 Å². The minimum absolute atomic E-state index is 0.0585. The summed E-state index contributed by atoms with van der Waals surface area (Å²) in [6, 6.07) is 8.17. The summed E-state index contributed by atoms with van der Waals surface area (Å²) < 4.78 is 1.16. The van der Waals surface area contributed by atoms with E-state index in [9.17, 15) is 9.59 Å². The van der Waals surface area contributed by atoms with Crippen LogP contribution in [-0.2, 0) is 16.0 Å². The van der Waals surface area contributed by atoms with E-state index in [1.54, 1.807) is 16.2 Å². The molecule has 2 saturated heterocycles. The number of aromatic nitrogens is 2. The lowest BCUT2D eigenvalue weighted by molar-refractivity contribution is -0.131. The highest BCUT2D eigenvalue weighted by atomic mass is 32.1. The number of anilines is 1. The largest absolute Gasteiger partial charge is 0.333 e. The Morgan fingerprint density at radius 3 is 2.89 bits per heavy atom. The van der Waals surface area contributed by atoms with E-state index in [0.717, 1.165) is 58.4 Å². The molecule has 2 amide bonds.